The van der Waals surface area contributed by atoms with Crippen LogP contribution in [-0.2, 0) is 6.54 Å². The maximum absolute atomic E-state index is 12.9. The third-order valence-electron chi connectivity index (χ3n) is 2.88. The molecule has 0 fully saturated rings. The van der Waals surface area contributed by atoms with Crippen LogP contribution in [0.1, 0.15) is 4.88 Å². The predicted octanol–water partition coefficient (Wildman–Crippen LogP) is 5.34. The summed E-state index contributed by atoms with van der Waals surface area (Å²) in [6.07, 6.45) is 1.75. The van der Waals surface area contributed by atoms with Crippen molar-refractivity contribution in [1.29, 1.82) is 0 Å². The molecule has 0 aliphatic carbocycles. The fourth-order valence-electron chi connectivity index (χ4n) is 1.86. The first-order chi connectivity index (χ1) is 10.7. The number of benzene rings is 2. The molecule has 3 nitrogen and oxygen atoms in total. The predicted molar refractivity (Wildman–Crippen MR) is 87.4 cm³/mol. The van der Waals surface area contributed by atoms with Gasteiger partial charge in [0, 0.05) is 22.8 Å². The average Bonchev–Trinajstić information content (AvgIpc) is 2.94. The van der Waals surface area contributed by atoms with Crippen molar-refractivity contribution in [3.8, 4) is 11.5 Å². The Morgan fingerprint density at radius 1 is 1.14 bits per heavy atom. The number of ether oxygens (including phenoxy) is 1. The number of thiazole rings is 1. The van der Waals surface area contributed by atoms with Crippen LogP contribution in [0.2, 0.25) is 4.47 Å². The topological polar surface area (TPSA) is 34.1 Å². The lowest BCUT2D eigenvalue weighted by molar-refractivity contribution is 0.481. The molecule has 22 heavy (non-hydrogen) atoms. The highest BCUT2D eigenvalue weighted by molar-refractivity contribution is 7.15. The van der Waals surface area contributed by atoms with E-state index in [0.717, 1.165) is 10.6 Å². The molecule has 0 atom stereocenters. The van der Waals surface area contributed by atoms with Gasteiger partial charge in [-0.25, -0.2) is 9.37 Å². The van der Waals surface area contributed by atoms with Gasteiger partial charge in [0.25, 0.3) is 0 Å². The van der Waals surface area contributed by atoms with Crippen LogP contribution < -0.4 is 10.1 Å². The Kier molecular flexibility index (Phi) is 4.56. The summed E-state index contributed by atoms with van der Waals surface area (Å²) in [4.78, 5) is 5.05. The number of hydrogen-bond donors (Lipinski definition) is 1. The number of anilines is 1. The molecule has 0 saturated heterocycles. The summed E-state index contributed by atoms with van der Waals surface area (Å²) in [5.74, 6) is 0.984. The highest BCUT2D eigenvalue weighted by Crippen LogP contribution is 2.25. The second-order valence-electron chi connectivity index (χ2n) is 4.52. The van der Waals surface area contributed by atoms with Gasteiger partial charge >= 0.3 is 0 Å². The second-order valence-corrected chi connectivity index (χ2v) is 6.21. The quantitative estimate of drug-likeness (QED) is 0.683. The summed E-state index contributed by atoms with van der Waals surface area (Å²) in [7, 11) is 0. The summed E-state index contributed by atoms with van der Waals surface area (Å²) < 4.78 is 19.1. The highest BCUT2D eigenvalue weighted by Gasteiger charge is 2.02. The molecule has 1 N–H and O–H groups in total. The van der Waals surface area contributed by atoms with Crippen molar-refractivity contribution in [2.24, 2.45) is 0 Å². The van der Waals surface area contributed by atoms with Gasteiger partial charge in [-0.05, 0) is 36.4 Å². The molecular weight excluding hydrogens is 323 g/mol. The van der Waals surface area contributed by atoms with Gasteiger partial charge in [0.05, 0.1) is 6.54 Å². The normalized spacial score (nSPS) is 10.5. The van der Waals surface area contributed by atoms with E-state index in [0.29, 0.717) is 22.5 Å². The Morgan fingerprint density at radius 3 is 2.68 bits per heavy atom. The maximum Gasteiger partial charge on any atom is 0.183 e. The van der Waals surface area contributed by atoms with Gasteiger partial charge in [-0.3, -0.25) is 0 Å². The highest BCUT2D eigenvalue weighted by atomic mass is 35.5. The molecule has 0 spiro atoms. The largest absolute Gasteiger partial charge is 0.457 e. The molecule has 0 bridgehead atoms. The van der Waals surface area contributed by atoms with E-state index in [1.54, 1.807) is 18.3 Å². The van der Waals surface area contributed by atoms with E-state index in [9.17, 15) is 4.39 Å². The van der Waals surface area contributed by atoms with Crippen LogP contribution >= 0.6 is 22.9 Å². The van der Waals surface area contributed by atoms with Crippen LogP contribution in [0.5, 0.6) is 11.5 Å². The van der Waals surface area contributed by atoms with Gasteiger partial charge < -0.3 is 10.1 Å². The minimum Gasteiger partial charge on any atom is -0.457 e. The molecule has 3 rings (SSSR count). The molecular formula is C16H12ClFN2OS. The number of hydrogen-bond acceptors (Lipinski definition) is 4. The first kappa shape index (κ1) is 14.8. The SMILES string of the molecule is Fc1ccc(Oc2cccc(NCc3cnc(Cl)s3)c2)cc1. The van der Waals surface area contributed by atoms with E-state index < -0.39 is 0 Å². The van der Waals surface area contributed by atoms with Crippen LogP contribution in [0.15, 0.2) is 54.7 Å². The summed E-state index contributed by atoms with van der Waals surface area (Å²) in [6.45, 7) is 0.643. The number of nitrogens with one attached hydrogen (secondary N) is 1. The fourth-order valence-corrected chi connectivity index (χ4v) is 2.78. The molecule has 2 aromatic carbocycles. The summed E-state index contributed by atoms with van der Waals surface area (Å²) >= 11 is 7.24. The van der Waals surface area contributed by atoms with Crippen molar-refractivity contribution >= 4 is 28.6 Å². The Bertz CT molecular complexity index is 761. The van der Waals surface area contributed by atoms with Gasteiger partial charge in [0.15, 0.2) is 4.47 Å². The fraction of sp³-hybridized carbons (Fsp3) is 0.0625. The van der Waals surface area contributed by atoms with Crippen LogP contribution in [0, 0.1) is 5.82 Å². The summed E-state index contributed by atoms with van der Waals surface area (Å²) in [6, 6.07) is 13.5. The first-order valence-electron chi connectivity index (χ1n) is 6.56. The van der Waals surface area contributed by atoms with E-state index in [-0.39, 0.29) is 5.82 Å². The molecule has 6 heteroatoms. The standard InChI is InChI=1S/C16H12ClFN2OS/c17-16-20-10-15(22-16)9-19-12-2-1-3-14(8-12)21-13-6-4-11(18)5-7-13/h1-8,10,19H,9H2. The van der Waals surface area contributed by atoms with E-state index >= 15 is 0 Å². The van der Waals surface area contributed by atoms with E-state index in [4.69, 9.17) is 16.3 Å². The molecule has 0 unspecified atom stereocenters. The second kappa shape index (κ2) is 6.77. The minimum absolute atomic E-state index is 0.286. The third-order valence-corrected chi connectivity index (χ3v) is 3.99. The zero-order valence-corrected chi connectivity index (χ0v) is 13.0. The molecule has 0 amide bonds. The molecule has 0 saturated carbocycles. The smallest absolute Gasteiger partial charge is 0.183 e. The van der Waals surface area contributed by atoms with Crippen molar-refractivity contribution in [2.45, 2.75) is 6.54 Å². The van der Waals surface area contributed by atoms with Crippen LogP contribution in [0.25, 0.3) is 0 Å². The molecule has 1 heterocycles. The zero-order chi connectivity index (χ0) is 15.4. The first-order valence-corrected chi connectivity index (χ1v) is 7.76. The molecule has 0 radical (unpaired) electrons. The van der Waals surface area contributed by atoms with Gasteiger partial charge in [-0.15, -0.1) is 11.3 Å². The van der Waals surface area contributed by atoms with E-state index in [1.807, 2.05) is 24.3 Å². The van der Waals surface area contributed by atoms with Crippen molar-refractivity contribution < 1.29 is 9.13 Å². The van der Waals surface area contributed by atoms with Gasteiger partial charge in [0.1, 0.15) is 17.3 Å². The Morgan fingerprint density at radius 2 is 1.95 bits per heavy atom. The lowest BCUT2D eigenvalue weighted by atomic mass is 10.3. The number of rotatable bonds is 5. The maximum atomic E-state index is 12.9. The summed E-state index contributed by atoms with van der Waals surface area (Å²) in [5, 5.41) is 3.28. The molecule has 3 aromatic rings. The molecule has 1 aromatic heterocycles. The van der Waals surface area contributed by atoms with Crippen molar-refractivity contribution in [1.82, 2.24) is 4.98 Å². The Labute approximate surface area is 136 Å². The molecule has 0 aliphatic rings. The van der Waals surface area contributed by atoms with Crippen LogP contribution in [0.3, 0.4) is 0 Å². The Balaban J connectivity index is 1.65. The molecule has 112 valence electrons. The van der Waals surface area contributed by atoms with Gasteiger partial charge in [-0.2, -0.15) is 0 Å². The number of nitrogens with zero attached hydrogens (tertiary/aromatic N) is 1. The van der Waals surface area contributed by atoms with Crippen molar-refractivity contribution in [2.75, 3.05) is 5.32 Å². The lowest BCUT2D eigenvalue weighted by Crippen LogP contribution is -1.97. The van der Waals surface area contributed by atoms with Crippen LogP contribution in [0.4, 0.5) is 10.1 Å². The van der Waals surface area contributed by atoms with Crippen LogP contribution in [-0.4, -0.2) is 4.98 Å². The van der Waals surface area contributed by atoms with E-state index in [1.165, 1.54) is 23.5 Å². The van der Waals surface area contributed by atoms with E-state index in [2.05, 4.69) is 10.3 Å². The Hall–Kier alpha value is -2.11. The van der Waals surface area contributed by atoms with Crippen molar-refractivity contribution in [3.63, 3.8) is 0 Å². The third kappa shape index (κ3) is 3.96. The lowest BCUT2D eigenvalue weighted by Gasteiger charge is -2.09. The number of aromatic nitrogens is 1. The van der Waals surface area contributed by atoms with Gasteiger partial charge in [0.2, 0.25) is 0 Å². The monoisotopic (exact) mass is 334 g/mol. The zero-order valence-electron chi connectivity index (χ0n) is 11.4. The molecule has 0 aliphatic heterocycles. The van der Waals surface area contributed by atoms with Gasteiger partial charge in [-0.1, -0.05) is 17.7 Å². The minimum atomic E-state index is -0.286. The summed E-state index contributed by atoms with van der Waals surface area (Å²) in [5.41, 5.74) is 0.920. The van der Waals surface area contributed by atoms with Crippen molar-refractivity contribution in [3.05, 3.63) is 69.9 Å². The average molecular weight is 335 g/mol. The number of halogens is 2.